The molecule has 0 unspecified atom stereocenters. The molecule has 0 heterocycles. The zero-order valence-electron chi connectivity index (χ0n) is 28.5. The quantitative estimate of drug-likeness (QED) is 0.148. The van der Waals surface area contributed by atoms with E-state index in [9.17, 15) is 0 Å². The molecule has 9 rings (SSSR count). The van der Waals surface area contributed by atoms with Gasteiger partial charge < -0.3 is 4.90 Å². The first-order valence-corrected chi connectivity index (χ1v) is 18.4. The molecule has 0 fully saturated rings. The second-order valence-electron chi connectivity index (χ2n) is 13.1. The highest BCUT2D eigenvalue weighted by molar-refractivity contribution is 9.10. The summed E-state index contributed by atoms with van der Waals surface area (Å²) < 4.78 is 1.08. The van der Waals surface area contributed by atoms with Gasteiger partial charge in [0, 0.05) is 21.2 Å². The summed E-state index contributed by atoms with van der Waals surface area (Å²) in [6.45, 7) is 0. The third-order valence-electron chi connectivity index (χ3n) is 9.92. The molecule has 9 aromatic rings. The van der Waals surface area contributed by atoms with Gasteiger partial charge in [0.2, 0.25) is 0 Å². The van der Waals surface area contributed by atoms with Crippen LogP contribution in [0.1, 0.15) is 0 Å². The summed E-state index contributed by atoms with van der Waals surface area (Å²) >= 11 is 3.57. The van der Waals surface area contributed by atoms with E-state index in [1.165, 1.54) is 66.1 Å². The third-order valence-corrected chi connectivity index (χ3v) is 10.4. The molecule has 0 saturated heterocycles. The lowest BCUT2D eigenvalue weighted by Crippen LogP contribution is -2.10. The Morgan fingerprint density at radius 2 is 0.788 bits per heavy atom. The number of hydrogen-bond donors (Lipinski definition) is 0. The van der Waals surface area contributed by atoms with Gasteiger partial charge in [-0.2, -0.15) is 0 Å². The van der Waals surface area contributed by atoms with Gasteiger partial charge in [0.25, 0.3) is 0 Å². The van der Waals surface area contributed by atoms with E-state index >= 15 is 0 Å². The minimum Gasteiger partial charge on any atom is -0.310 e. The molecule has 0 bridgehead atoms. The molecule has 0 N–H and O–H groups in total. The summed E-state index contributed by atoms with van der Waals surface area (Å²) in [5.41, 5.74) is 13.0. The molecule has 0 aliphatic rings. The van der Waals surface area contributed by atoms with Crippen LogP contribution in [0.2, 0.25) is 0 Å². The molecular weight excluding hydrogens is 694 g/mol. The predicted molar refractivity (Wildman–Crippen MR) is 226 cm³/mol. The zero-order chi connectivity index (χ0) is 34.9. The van der Waals surface area contributed by atoms with Crippen LogP contribution in [0.5, 0.6) is 0 Å². The molecule has 0 aliphatic heterocycles. The van der Waals surface area contributed by atoms with Crippen LogP contribution in [0.25, 0.3) is 66.1 Å². The smallest absolute Gasteiger partial charge is 0.0546 e. The fourth-order valence-corrected chi connectivity index (χ4v) is 7.63. The SMILES string of the molecule is Brc1ccc(-c2cccc(-c3ccc(N(c4ccc(-c5ccccc5)cc4)c4cccc5cc(-c6ccccc6)c6ccccc6c45)cc3)c2)cc1. The third kappa shape index (κ3) is 6.08. The Morgan fingerprint density at radius 3 is 1.40 bits per heavy atom. The molecule has 0 aromatic heterocycles. The topological polar surface area (TPSA) is 3.24 Å². The van der Waals surface area contributed by atoms with Gasteiger partial charge in [-0.25, -0.2) is 0 Å². The maximum Gasteiger partial charge on any atom is 0.0546 e. The maximum atomic E-state index is 3.57. The van der Waals surface area contributed by atoms with Crippen molar-refractivity contribution in [1.82, 2.24) is 0 Å². The number of rotatable bonds is 7. The Bertz CT molecular complexity index is 2650. The molecule has 1 nitrogen and oxygen atoms in total. The highest BCUT2D eigenvalue weighted by Gasteiger charge is 2.19. The fourth-order valence-electron chi connectivity index (χ4n) is 7.37. The molecular formula is C50H34BrN. The standard InChI is InChI=1S/C50H34BrN/c51-43-27-21-37(22-28-43)40-15-9-16-41(33-40)38-25-31-45(32-26-38)52(44-29-23-36(24-30-44)35-11-3-1-4-12-35)49-20-10-17-42-34-48(39-13-5-2-6-14-39)46-18-7-8-19-47(46)50(42)49/h1-34H. The van der Waals surface area contributed by atoms with Gasteiger partial charge >= 0.3 is 0 Å². The number of hydrogen-bond acceptors (Lipinski definition) is 1. The van der Waals surface area contributed by atoms with E-state index in [2.05, 4.69) is 227 Å². The molecule has 0 radical (unpaired) electrons. The molecule has 0 aliphatic carbocycles. The largest absolute Gasteiger partial charge is 0.310 e. The maximum absolute atomic E-state index is 3.57. The summed E-state index contributed by atoms with van der Waals surface area (Å²) in [5, 5.41) is 4.93. The normalized spacial score (nSPS) is 11.2. The number of halogens is 1. The van der Waals surface area contributed by atoms with Crippen LogP contribution in [0, 0.1) is 0 Å². The van der Waals surface area contributed by atoms with Crippen LogP contribution in [0.15, 0.2) is 211 Å². The lowest BCUT2D eigenvalue weighted by atomic mass is 9.92. The van der Waals surface area contributed by atoms with Crippen LogP contribution >= 0.6 is 15.9 Å². The van der Waals surface area contributed by atoms with Gasteiger partial charge in [-0.3, -0.25) is 0 Å². The summed E-state index contributed by atoms with van der Waals surface area (Å²) in [5.74, 6) is 0. The van der Waals surface area contributed by atoms with Crippen LogP contribution < -0.4 is 4.90 Å². The molecule has 2 heteroatoms. The van der Waals surface area contributed by atoms with Crippen LogP contribution in [0.4, 0.5) is 17.1 Å². The average molecular weight is 729 g/mol. The van der Waals surface area contributed by atoms with Crippen molar-refractivity contribution < 1.29 is 0 Å². The van der Waals surface area contributed by atoms with E-state index in [4.69, 9.17) is 0 Å². The van der Waals surface area contributed by atoms with Gasteiger partial charge in [-0.1, -0.05) is 168 Å². The molecule has 52 heavy (non-hydrogen) atoms. The molecule has 9 aromatic carbocycles. The van der Waals surface area contributed by atoms with Crippen molar-refractivity contribution in [2.24, 2.45) is 0 Å². The molecule has 0 amide bonds. The van der Waals surface area contributed by atoms with Crippen molar-refractivity contribution in [2.45, 2.75) is 0 Å². The van der Waals surface area contributed by atoms with Crippen molar-refractivity contribution in [1.29, 1.82) is 0 Å². The molecule has 0 atom stereocenters. The van der Waals surface area contributed by atoms with Crippen molar-refractivity contribution in [3.8, 4) is 44.5 Å². The van der Waals surface area contributed by atoms with Gasteiger partial charge in [0.05, 0.1) is 5.69 Å². The Hall–Kier alpha value is -6.22. The highest BCUT2D eigenvalue weighted by Crippen LogP contribution is 2.44. The summed E-state index contributed by atoms with van der Waals surface area (Å²) in [7, 11) is 0. The van der Waals surface area contributed by atoms with E-state index in [1.54, 1.807) is 0 Å². The summed E-state index contributed by atoms with van der Waals surface area (Å²) in [4.78, 5) is 2.41. The highest BCUT2D eigenvalue weighted by atomic mass is 79.9. The minimum atomic E-state index is 1.08. The van der Waals surface area contributed by atoms with E-state index < -0.39 is 0 Å². The van der Waals surface area contributed by atoms with E-state index in [0.717, 1.165) is 21.5 Å². The minimum absolute atomic E-state index is 1.08. The summed E-state index contributed by atoms with van der Waals surface area (Å²) in [6.07, 6.45) is 0. The van der Waals surface area contributed by atoms with Crippen LogP contribution in [-0.4, -0.2) is 0 Å². The van der Waals surface area contributed by atoms with Crippen LogP contribution in [-0.2, 0) is 0 Å². The van der Waals surface area contributed by atoms with Gasteiger partial charge in [0.1, 0.15) is 0 Å². The first-order valence-electron chi connectivity index (χ1n) is 17.6. The fraction of sp³-hybridized carbons (Fsp3) is 0. The first-order chi connectivity index (χ1) is 25.7. The monoisotopic (exact) mass is 727 g/mol. The van der Waals surface area contributed by atoms with E-state index in [0.29, 0.717) is 0 Å². The van der Waals surface area contributed by atoms with Crippen LogP contribution in [0.3, 0.4) is 0 Å². The van der Waals surface area contributed by atoms with Crippen molar-refractivity contribution in [2.75, 3.05) is 4.90 Å². The van der Waals surface area contributed by atoms with Gasteiger partial charge in [-0.05, 0) is 115 Å². The van der Waals surface area contributed by atoms with Gasteiger partial charge in [-0.15, -0.1) is 0 Å². The lowest BCUT2D eigenvalue weighted by Gasteiger charge is -2.28. The van der Waals surface area contributed by atoms with E-state index in [-0.39, 0.29) is 0 Å². The average Bonchev–Trinajstić information content (AvgIpc) is 3.22. The molecule has 0 spiro atoms. The second-order valence-corrected chi connectivity index (χ2v) is 14.0. The number of nitrogens with zero attached hydrogens (tertiary/aromatic N) is 1. The number of anilines is 3. The van der Waals surface area contributed by atoms with Crippen molar-refractivity contribution in [3.05, 3.63) is 211 Å². The van der Waals surface area contributed by atoms with Crippen molar-refractivity contribution >= 4 is 54.5 Å². The zero-order valence-corrected chi connectivity index (χ0v) is 30.0. The summed E-state index contributed by atoms with van der Waals surface area (Å²) in [6, 6.07) is 74.4. The van der Waals surface area contributed by atoms with Gasteiger partial charge in [0.15, 0.2) is 0 Å². The van der Waals surface area contributed by atoms with E-state index in [1.807, 2.05) is 0 Å². The first kappa shape index (κ1) is 31.7. The second kappa shape index (κ2) is 13.8. The Balaban J connectivity index is 1.20. The Labute approximate surface area is 313 Å². The molecule has 0 saturated carbocycles. The number of benzene rings is 9. The Kier molecular flexibility index (Phi) is 8.44. The number of fused-ring (bicyclic) bond motifs is 3. The predicted octanol–water partition coefficient (Wildman–Crippen LogP) is 14.9. The lowest BCUT2D eigenvalue weighted by molar-refractivity contribution is 1.30. The van der Waals surface area contributed by atoms with Crippen molar-refractivity contribution in [3.63, 3.8) is 0 Å². The Morgan fingerprint density at radius 1 is 0.327 bits per heavy atom. The molecule has 246 valence electrons.